The second kappa shape index (κ2) is 8.07. The number of aryl methyl sites for hydroxylation is 2. The van der Waals surface area contributed by atoms with E-state index in [-0.39, 0.29) is 5.41 Å². The van der Waals surface area contributed by atoms with E-state index in [0.29, 0.717) is 11.3 Å². The zero-order valence-electron chi connectivity index (χ0n) is 23.1. The first-order chi connectivity index (χ1) is 17.0. The lowest BCUT2D eigenvalue weighted by molar-refractivity contribution is -0.659. The largest absolute Gasteiger partial charge is 0.455 e. The molecule has 0 radical (unpaired) electrons. The lowest BCUT2D eigenvalue weighted by Crippen LogP contribution is -2.32. The molecule has 1 aliphatic heterocycles. The minimum atomic E-state index is 0.153. The summed E-state index contributed by atoms with van der Waals surface area (Å²) >= 11 is 0. The number of hydrogen-bond acceptors (Lipinski definition) is 1. The molecule has 186 valence electrons. The van der Waals surface area contributed by atoms with Crippen LogP contribution in [-0.4, -0.2) is 0 Å². The molecule has 1 aliphatic carbocycles. The Labute approximate surface area is 216 Å². The van der Waals surface area contributed by atoms with Crippen LogP contribution in [0.15, 0.2) is 48.7 Å². The summed E-state index contributed by atoms with van der Waals surface area (Å²) in [7, 11) is 2.18. The van der Waals surface area contributed by atoms with E-state index < -0.39 is 0 Å². The Bertz CT molecular complexity index is 1510. The molecule has 0 atom stereocenters. The van der Waals surface area contributed by atoms with Crippen LogP contribution in [0.5, 0.6) is 11.5 Å². The van der Waals surface area contributed by atoms with Crippen molar-refractivity contribution in [1.29, 1.82) is 0 Å². The maximum Gasteiger partial charge on any atom is 0.228 e. The molecule has 1 aromatic heterocycles. The van der Waals surface area contributed by atoms with Gasteiger partial charge in [0.1, 0.15) is 18.5 Å². The molecular formula is C34H40NO+. The first-order valence-corrected chi connectivity index (χ1v) is 13.7. The minimum Gasteiger partial charge on any atom is -0.455 e. The van der Waals surface area contributed by atoms with Crippen molar-refractivity contribution in [1.82, 2.24) is 0 Å². The SMILES string of the molecule is Cc1c2c(c(CC(C)(C)C)c3ccccc13)Oc1cc(C3CCC(C)(C)CC3)cc3cc[n+](C)c-2c13. The number of benzene rings is 3. The second-order valence-corrected chi connectivity index (χ2v) is 13.4. The topological polar surface area (TPSA) is 13.1 Å². The molecule has 0 N–H and O–H groups in total. The molecule has 1 saturated carbocycles. The molecule has 0 saturated heterocycles. The van der Waals surface area contributed by atoms with E-state index in [2.05, 4.69) is 102 Å². The van der Waals surface area contributed by atoms with E-state index in [4.69, 9.17) is 4.74 Å². The molecule has 3 aromatic carbocycles. The van der Waals surface area contributed by atoms with Crippen LogP contribution in [0.25, 0.3) is 32.8 Å². The van der Waals surface area contributed by atoms with Crippen molar-refractivity contribution in [2.24, 2.45) is 17.9 Å². The van der Waals surface area contributed by atoms with Crippen molar-refractivity contribution < 1.29 is 9.30 Å². The predicted molar refractivity (Wildman–Crippen MR) is 151 cm³/mol. The van der Waals surface area contributed by atoms with Crippen LogP contribution in [0.2, 0.25) is 0 Å². The third-order valence-electron chi connectivity index (χ3n) is 8.72. The van der Waals surface area contributed by atoms with Gasteiger partial charge >= 0.3 is 0 Å². The zero-order chi connectivity index (χ0) is 25.4. The molecule has 2 heterocycles. The molecule has 0 amide bonds. The summed E-state index contributed by atoms with van der Waals surface area (Å²) in [5.41, 5.74) is 7.28. The summed E-state index contributed by atoms with van der Waals surface area (Å²) in [6, 6.07) is 16.0. The number of hydrogen-bond donors (Lipinski definition) is 0. The molecule has 2 aliphatic rings. The summed E-state index contributed by atoms with van der Waals surface area (Å²) in [5.74, 6) is 2.72. The molecule has 4 aromatic rings. The van der Waals surface area contributed by atoms with E-state index in [0.717, 1.165) is 17.9 Å². The highest BCUT2D eigenvalue weighted by atomic mass is 16.5. The van der Waals surface area contributed by atoms with Crippen molar-refractivity contribution in [2.45, 2.75) is 79.6 Å². The fourth-order valence-corrected chi connectivity index (χ4v) is 6.70. The van der Waals surface area contributed by atoms with Crippen molar-refractivity contribution in [3.8, 4) is 22.8 Å². The van der Waals surface area contributed by atoms with E-state index in [9.17, 15) is 0 Å². The first-order valence-electron chi connectivity index (χ1n) is 13.7. The number of aromatic nitrogens is 1. The summed E-state index contributed by atoms with van der Waals surface area (Å²) < 4.78 is 9.33. The lowest BCUT2D eigenvalue weighted by Gasteiger charge is -2.35. The maximum atomic E-state index is 7.03. The zero-order valence-corrected chi connectivity index (χ0v) is 23.1. The highest BCUT2D eigenvalue weighted by molar-refractivity contribution is 6.06. The Morgan fingerprint density at radius 1 is 1.00 bits per heavy atom. The molecule has 0 spiro atoms. The molecule has 6 rings (SSSR count). The molecule has 2 heteroatoms. The standard InChI is InChI=1S/C34H40NO/c1-21-25-10-8-9-11-26(25)27(20-33(2,3)4)32-29(21)31-30-23(14-17-35(31)7)18-24(19-28(30)36-32)22-12-15-34(5,6)16-13-22/h8-11,14,17-19,22H,12-13,15-16,20H2,1-7H3/q+1. The van der Waals surface area contributed by atoms with E-state index in [1.807, 2.05) is 0 Å². The first kappa shape index (κ1) is 23.5. The van der Waals surface area contributed by atoms with Crippen molar-refractivity contribution >= 4 is 21.5 Å². The molecule has 0 bridgehead atoms. The van der Waals surface area contributed by atoms with Crippen LogP contribution in [-0.2, 0) is 13.5 Å². The lowest BCUT2D eigenvalue weighted by atomic mass is 9.71. The van der Waals surface area contributed by atoms with Crippen molar-refractivity contribution in [2.75, 3.05) is 0 Å². The molecule has 0 unspecified atom stereocenters. The van der Waals surface area contributed by atoms with Gasteiger partial charge in [0.25, 0.3) is 0 Å². The second-order valence-electron chi connectivity index (χ2n) is 13.4. The number of nitrogens with zero attached hydrogens (tertiary/aromatic N) is 1. The smallest absolute Gasteiger partial charge is 0.228 e. The van der Waals surface area contributed by atoms with Crippen LogP contribution in [0.4, 0.5) is 0 Å². The average Bonchev–Trinajstić information content (AvgIpc) is 2.82. The Hall–Kier alpha value is -2.87. The van der Waals surface area contributed by atoms with Gasteiger partial charge in [-0.05, 0) is 89.1 Å². The van der Waals surface area contributed by atoms with Crippen LogP contribution >= 0.6 is 0 Å². The van der Waals surface area contributed by atoms with Crippen LogP contribution < -0.4 is 9.30 Å². The van der Waals surface area contributed by atoms with Crippen LogP contribution in [0.3, 0.4) is 0 Å². The number of rotatable bonds is 2. The molecule has 2 nitrogen and oxygen atoms in total. The average molecular weight is 479 g/mol. The Morgan fingerprint density at radius 3 is 2.39 bits per heavy atom. The van der Waals surface area contributed by atoms with Gasteiger partial charge in [-0.2, -0.15) is 0 Å². The quantitative estimate of drug-likeness (QED) is 0.230. The van der Waals surface area contributed by atoms with Gasteiger partial charge in [-0.25, -0.2) is 4.57 Å². The minimum absolute atomic E-state index is 0.153. The summed E-state index contributed by atoms with van der Waals surface area (Å²) in [6.45, 7) is 14.1. The van der Waals surface area contributed by atoms with Gasteiger partial charge in [-0.15, -0.1) is 0 Å². The van der Waals surface area contributed by atoms with Crippen LogP contribution in [0, 0.1) is 17.8 Å². The van der Waals surface area contributed by atoms with Gasteiger partial charge in [0, 0.05) is 11.6 Å². The Kier molecular flexibility index (Phi) is 5.27. The third kappa shape index (κ3) is 3.81. The van der Waals surface area contributed by atoms with Crippen LogP contribution in [0.1, 0.15) is 82.9 Å². The van der Waals surface area contributed by atoms with E-state index in [1.165, 1.54) is 75.2 Å². The van der Waals surface area contributed by atoms with E-state index >= 15 is 0 Å². The fourth-order valence-electron chi connectivity index (χ4n) is 6.70. The molecule has 1 fully saturated rings. The monoisotopic (exact) mass is 478 g/mol. The summed E-state index contributed by atoms with van der Waals surface area (Å²) in [6.07, 6.45) is 8.34. The van der Waals surface area contributed by atoms with Crippen molar-refractivity contribution in [3.63, 3.8) is 0 Å². The Balaban J connectivity index is 1.62. The fraction of sp³-hybridized carbons (Fsp3) is 0.441. The molecule has 36 heavy (non-hydrogen) atoms. The van der Waals surface area contributed by atoms with Gasteiger partial charge in [-0.3, -0.25) is 0 Å². The summed E-state index contributed by atoms with van der Waals surface area (Å²) in [5, 5.41) is 5.22. The van der Waals surface area contributed by atoms with Gasteiger partial charge in [-0.1, -0.05) is 65.0 Å². The van der Waals surface area contributed by atoms with Gasteiger partial charge < -0.3 is 4.74 Å². The maximum absolute atomic E-state index is 7.03. The summed E-state index contributed by atoms with van der Waals surface area (Å²) in [4.78, 5) is 0. The number of fused-ring (bicyclic) bond motifs is 3. The van der Waals surface area contributed by atoms with Gasteiger partial charge in [0.15, 0.2) is 6.20 Å². The van der Waals surface area contributed by atoms with Gasteiger partial charge in [0.05, 0.1) is 10.9 Å². The van der Waals surface area contributed by atoms with Crippen molar-refractivity contribution in [3.05, 3.63) is 65.4 Å². The number of ether oxygens (including phenoxy) is 1. The highest BCUT2D eigenvalue weighted by Crippen LogP contribution is 2.53. The highest BCUT2D eigenvalue weighted by Gasteiger charge is 2.35. The Morgan fingerprint density at radius 2 is 1.69 bits per heavy atom. The third-order valence-corrected chi connectivity index (χ3v) is 8.72. The normalized spacial score (nSPS) is 17.3. The van der Waals surface area contributed by atoms with E-state index in [1.54, 1.807) is 0 Å². The number of pyridine rings is 1. The van der Waals surface area contributed by atoms with Gasteiger partial charge in [0.2, 0.25) is 5.69 Å². The molecular weight excluding hydrogens is 438 g/mol. The predicted octanol–water partition coefficient (Wildman–Crippen LogP) is 9.17.